The van der Waals surface area contributed by atoms with Crippen LogP contribution < -0.4 is 15.4 Å². The zero-order valence-electron chi connectivity index (χ0n) is 21.2. The van der Waals surface area contributed by atoms with Crippen molar-refractivity contribution in [2.75, 3.05) is 32.6 Å². The van der Waals surface area contributed by atoms with Crippen molar-refractivity contribution in [3.63, 3.8) is 0 Å². The van der Waals surface area contributed by atoms with Crippen LogP contribution in [-0.2, 0) is 0 Å². The minimum atomic E-state index is -0.0635. The standard InChI is InChI=1S/C27H29N7O2S/c1-16(2)29-27(35)23-12-17-5-6-18(13-22(17)37-23)26-31-24(14-25(32-26)36-10-9-34(3)4)30-20-7-8-21-19(11-20)15-28-33-21/h5-8,11-16H,9-10H2,1-4H3,(H,28,33)(H,29,35)(H,30,31,32). The second-order valence-electron chi connectivity index (χ2n) is 9.36. The number of amides is 1. The Kier molecular flexibility index (Phi) is 7.02. The number of hydrogen-bond acceptors (Lipinski definition) is 8. The third kappa shape index (κ3) is 5.87. The van der Waals surface area contributed by atoms with Crippen LogP contribution in [0.3, 0.4) is 0 Å². The summed E-state index contributed by atoms with van der Waals surface area (Å²) in [4.78, 5) is 24.7. The monoisotopic (exact) mass is 515 g/mol. The molecule has 2 aromatic carbocycles. The molecule has 0 aliphatic rings. The highest BCUT2D eigenvalue weighted by Gasteiger charge is 2.14. The average Bonchev–Trinajstić information content (AvgIpc) is 3.49. The molecule has 5 rings (SSSR count). The van der Waals surface area contributed by atoms with Crippen molar-refractivity contribution in [1.82, 2.24) is 30.4 Å². The number of aromatic amines is 1. The molecule has 0 atom stereocenters. The second kappa shape index (κ2) is 10.5. The van der Waals surface area contributed by atoms with E-state index in [9.17, 15) is 4.79 Å². The number of nitrogens with zero attached hydrogens (tertiary/aromatic N) is 4. The predicted molar refractivity (Wildman–Crippen MR) is 149 cm³/mol. The quantitative estimate of drug-likeness (QED) is 0.252. The van der Waals surface area contributed by atoms with Crippen LogP contribution in [0.25, 0.3) is 32.4 Å². The molecule has 3 N–H and O–H groups in total. The fourth-order valence-electron chi connectivity index (χ4n) is 3.81. The lowest BCUT2D eigenvalue weighted by molar-refractivity contribution is 0.0947. The van der Waals surface area contributed by atoms with E-state index in [0.717, 1.165) is 38.8 Å². The van der Waals surface area contributed by atoms with E-state index < -0.39 is 0 Å². The minimum absolute atomic E-state index is 0.0635. The molecule has 0 aliphatic carbocycles. The van der Waals surface area contributed by atoms with Gasteiger partial charge in [-0.2, -0.15) is 10.1 Å². The number of ether oxygens (including phenoxy) is 1. The Balaban J connectivity index is 1.47. The normalized spacial score (nSPS) is 11.5. The van der Waals surface area contributed by atoms with Crippen LogP contribution in [0.4, 0.5) is 11.5 Å². The summed E-state index contributed by atoms with van der Waals surface area (Å²) in [5.74, 6) is 1.59. The highest BCUT2D eigenvalue weighted by atomic mass is 32.1. The smallest absolute Gasteiger partial charge is 0.261 e. The topological polar surface area (TPSA) is 108 Å². The molecule has 5 aromatic rings. The van der Waals surface area contributed by atoms with Crippen LogP contribution in [0.1, 0.15) is 23.5 Å². The average molecular weight is 516 g/mol. The number of likely N-dealkylation sites (N-methyl/N-ethyl adjacent to an activating group) is 1. The molecule has 0 bridgehead atoms. The summed E-state index contributed by atoms with van der Waals surface area (Å²) in [7, 11) is 4.00. The van der Waals surface area contributed by atoms with Gasteiger partial charge in [-0.05, 0) is 63.7 Å². The van der Waals surface area contributed by atoms with Gasteiger partial charge in [0.05, 0.1) is 16.6 Å². The van der Waals surface area contributed by atoms with Gasteiger partial charge in [0, 0.05) is 40.0 Å². The van der Waals surface area contributed by atoms with Crippen molar-refractivity contribution in [3.05, 3.63) is 59.6 Å². The maximum Gasteiger partial charge on any atom is 0.261 e. The molecule has 0 radical (unpaired) electrons. The lowest BCUT2D eigenvalue weighted by Gasteiger charge is -2.13. The van der Waals surface area contributed by atoms with E-state index in [1.54, 1.807) is 12.3 Å². The Morgan fingerprint density at radius 1 is 1.08 bits per heavy atom. The first-order valence-electron chi connectivity index (χ1n) is 12.1. The Morgan fingerprint density at radius 3 is 2.76 bits per heavy atom. The number of anilines is 2. The molecule has 0 aliphatic heterocycles. The third-order valence-electron chi connectivity index (χ3n) is 5.63. The molecule has 0 saturated carbocycles. The largest absolute Gasteiger partial charge is 0.476 e. The summed E-state index contributed by atoms with van der Waals surface area (Å²) in [5, 5.41) is 15.4. The zero-order valence-corrected chi connectivity index (χ0v) is 22.0. The molecule has 0 spiro atoms. The Morgan fingerprint density at radius 2 is 1.95 bits per heavy atom. The number of benzene rings is 2. The highest BCUT2D eigenvalue weighted by Crippen LogP contribution is 2.31. The fraction of sp³-hybridized carbons (Fsp3) is 0.259. The van der Waals surface area contributed by atoms with Gasteiger partial charge in [-0.3, -0.25) is 9.89 Å². The van der Waals surface area contributed by atoms with Crippen LogP contribution in [0.2, 0.25) is 0 Å². The summed E-state index contributed by atoms with van der Waals surface area (Å²) >= 11 is 1.46. The van der Waals surface area contributed by atoms with Gasteiger partial charge in [0.2, 0.25) is 5.88 Å². The van der Waals surface area contributed by atoms with Gasteiger partial charge in [0.25, 0.3) is 5.91 Å². The Labute approximate surface area is 218 Å². The molecule has 3 heterocycles. The summed E-state index contributed by atoms with van der Waals surface area (Å²) in [6.45, 7) is 5.17. The zero-order chi connectivity index (χ0) is 25.9. The van der Waals surface area contributed by atoms with Gasteiger partial charge >= 0.3 is 0 Å². The van der Waals surface area contributed by atoms with Gasteiger partial charge in [0.15, 0.2) is 5.82 Å². The van der Waals surface area contributed by atoms with Gasteiger partial charge in [0.1, 0.15) is 12.4 Å². The molecule has 9 nitrogen and oxygen atoms in total. The lowest BCUT2D eigenvalue weighted by Crippen LogP contribution is -2.29. The summed E-state index contributed by atoms with van der Waals surface area (Å²) in [5.41, 5.74) is 2.69. The number of nitrogens with one attached hydrogen (secondary N) is 3. The van der Waals surface area contributed by atoms with E-state index in [0.29, 0.717) is 29.0 Å². The van der Waals surface area contributed by atoms with Gasteiger partial charge in [-0.15, -0.1) is 11.3 Å². The van der Waals surface area contributed by atoms with E-state index in [1.165, 1.54) is 11.3 Å². The summed E-state index contributed by atoms with van der Waals surface area (Å²) in [6, 6.07) is 15.7. The number of thiophene rings is 1. The molecular formula is C27H29N7O2S. The van der Waals surface area contributed by atoms with Gasteiger partial charge < -0.3 is 20.3 Å². The van der Waals surface area contributed by atoms with Crippen molar-refractivity contribution in [3.8, 4) is 17.3 Å². The minimum Gasteiger partial charge on any atom is -0.476 e. The highest BCUT2D eigenvalue weighted by molar-refractivity contribution is 7.20. The third-order valence-corrected chi connectivity index (χ3v) is 6.72. The molecular weight excluding hydrogens is 486 g/mol. The van der Waals surface area contributed by atoms with Crippen LogP contribution in [-0.4, -0.2) is 64.3 Å². The van der Waals surface area contributed by atoms with Crippen molar-refractivity contribution in [1.29, 1.82) is 0 Å². The number of hydrogen-bond donors (Lipinski definition) is 3. The number of carbonyl (C=O) groups is 1. The van der Waals surface area contributed by atoms with Gasteiger partial charge in [-0.25, -0.2) is 4.98 Å². The van der Waals surface area contributed by atoms with Gasteiger partial charge in [-0.1, -0.05) is 12.1 Å². The molecule has 1 amide bonds. The summed E-state index contributed by atoms with van der Waals surface area (Å²) in [6.07, 6.45) is 1.79. The van der Waals surface area contributed by atoms with Crippen LogP contribution in [0, 0.1) is 0 Å². The van der Waals surface area contributed by atoms with Crippen LogP contribution >= 0.6 is 11.3 Å². The molecule has 0 unspecified atom stereocenters. The fourth-order valence-corrected chi connectivity index (χ4v) is 4.81. The first kappa shape index (κ1) is 24.7. The maximum absolute atomic E-state index is 12.5. The summed E-state index contributed by atoms with van der Waals surface area (Å²) < 4.78 is 6.97. The number of H-pyrrole nitrogens is 1. The van der Waals surface area contributed by atoms with Crippen molar-refractivity contribution in [2.24, 2.45) is 0 Å². The van der Waals surface area contributed by atoms with Crippen molar-refractivity contribution < 1.29 is 9.53 Å². The van der Waals surface area contributed by atoms with E-state index in [-0.39, 0.29) is 11.9 Å². The van der Waals surface area contributed by atoms with E-state index in [1.807, 2.05) is 70.4 Å². The molecule has 0 saturated heterocycles. The van der Waals surface area contributed by atoms with Crippen molar-refractivity contribution >= 4 is 49.7 Å². The molecule has 3 aromatic heterocycles. The SMILES string of the molecule is CC(C)NC(=O)c1cc2ccc(-c3nc(Nc4ccc5[nH]ncc5c4)cc(OCCN(C)C)n3)cc2s1. The van der Waals surface area contributed by atoms with Crippen LogP contribution in [0.5, 0.6) is 5.88 Å². The predicted octanol–water partition coefficient (Wildman–Crippen LogP) is 5.06. The Bertz CT molecular complexity index is 1560. The maximum atomic E-state index is 12.5. The Hall–Kier alpha value is -4.02. The number of fused-ring (bicyclic) bond motifs is 2. The van der Waals surface area contributed by atoms with Crippen molar-refractivity contribution in [2.45, 2.75) is 19.9 Å². The van der Waals surface area contributed by atoms with Crippen LogP contribution in [0.15, 0.2) is 54.7 Å². The molecule has 190 valence electrons. The van der Waals surface area contributed by atoms with E-state index in [2.05, 4.69) is 25.7 Å². The number of carbonyl (C=O) groups excluding carboxylic acids is 1. The first-order valence-corrected chi connectivity index (χ1v) is 12.9. The van der Waals surface area contributed by atoms with E-state index in [4.69, 9.17) is 14.7 Å². The number of aromatic nitrogens is 4. The number of rotatable bonds is 9. The lowest BCUT2D eigenvalue weighted by atomic mass is 10.1. The van der Waals surface area contributed by atoms with E-state index >= 15 is 0 Å². The molecule has 37 heavy (non-hydrogen) atoms. The first-order chi connectivity index (χ1) is 17.8. The molecule has 10 heteroatoms. The second-order valence-corrected chi connectivity index (χ2v) is 10.4. The molecule has 0 fully saturated rings.